The summed E-state index contributed by atoms with van der Waals surface area (Å²) >= 11 is 0. The number of nitrogens with two attached hydrogens (primary N) is 1. The Hall–Kier alpha value is -1.21. The number of halogens is 2. The monoisotopic (exact) mass is 234 g/mol. The Labute approximate surface area is 92.5 Å². The highest BCUT2D eigenvalue weighted by molar-refractivity contribution is 5.30. The minimum Gasteiger partial charge on any atom is -0.396 e. The van der Waals surface area contributed by atoms with Gasteiger partial charge in [0, 0.05) is 19.3 Å². The molecule has 1 aromatic rings. The van der Waals surface area contributed by atoms with Crippen LogP contribution in [0.1, 0.15) is 0 Å². The maximum Gasteiger partial charge on any atom is 0.251 e. The van der Waals surface area contributed by atoms with E-state index in [9.17, 15) is 8.78 Å². The van der Waals surface area contributed by atoms with Gasteiger partial charge >= 0.3 is 0 Å². The molecule has 92 valence electrons. The SMILES string of the molecule is Nc1cnn(CCN(CCO)CC(F)F)c1. The molecule has 0 saturated heterocycles. The van der Waals surface area contributed by atoms with Crippen molar-refractivity contribution in [3.8, 4) is 0 Å². The molecule has 1 heterocycles. The van der Waals surface area contributed by atoms with E-state index in [1.54, 1.807) is 10.9 Å². The van der Waals surface area contributed by atoms with Crippen LogP contribution in [-0.2, 0) is 6.54 Å². The third-order valence-corrected chi connectivity index (χ3v) is 2.11. The molecule has 0 saturated carbocycles. The first-order chi connectivity index (χ1) is 7.61. The van der Waals surface area contributed by atoms with Crippen LogP contribution in [0.25, 0.3) is 0 Å². The topological polar surface area (TPSA) is 67.3 Å². The fraction of sp³-hybridized carbons (Fsp3) is 0.667. The molecule has 0 bridgehead atoms. The molecule has 3 N–H and O–H groups in total. The molecule has 0 aliphatic heterocycles. The maximum atomic E-state index is 12.2. The van der Waals surface area contributed by atoms with Gasteiger partial charge in [0.05, 0.1) is 31.6 Å². The van der Waals surface area contributed by atoms with Gasteiger partial charge in [0.1, 0.15) is 0 Å². The summed E-state index contributed by atoms with van der Waals surface area (Å²) in [4.78, 5) is 1.49. The zero-order valence-corrected chi connectivity index (χ0v) is 8.89. The Morgan fingerprint density at radius 3 is 2.75 bits per heavy atom. The zero-order chi connectivity index (χ0) is 12.0. The lowest BCUT2D eigenvalue weighted by molar-refractivity contribution is 0.0760. The Kier molecular flexibility index (Phi) is 5.13. The minimum atomic E-state index is -2.39. The standard InChI is InChI=1S/C9H16F2N4O/c10-9(11)7-14(3-4-16)1-2-15-6-8(12)5-13-15/h5-6,9,16H,1-4,7,12H2. The van der Waals surface area contributed by atoms with E-state index >= 15 is 0 Å². The largest absolute Gasteiger partial charge is 0.396 e. The first-order valence-corrected chi connectivity index (χ1v) is 5.01. The summed E-state index contributed by atoms with van der Waals surface area (Å²) in [5.74, 6) is 0. The molecule has 0 atom stereocenters. The van der Waals surface area contributed by atoms with Crippen molar-refractivity contribution in [2.24, 2.45) is 0 Å². The molecule has 0 amide bonds. The molecular weight excluding hydrogens is 218 g/mol. The van der Waals surface area contributed by atoms with Crippen LogP contribution < -0.4 is 5.73 Å². The lowest BCUT2D eigenvalue weighted by Gasteiger charge is -2.20. The fourth-order valence-corrected chi connectivity index (χ4v) is 1.38. The smallest absolute Gasteiger partial charge is 0.251 e. The normalized spacial score (nSPS) is 11.6. The Balaban J connectivity index is 2.36. The number of aliphatic hydroxyl groups is 1. The molecule has 0 fully saturated rings. The molecule has 0 radical (unpaired) electrons. The molecule has 7 heteroatoms. The van der Waals surface area contributed by atoms with Crippen molar-refractivity contribution < 1.29 is 13.9 Å². The van der Waals surface area contributed by atoms with E-state index in [0.29, 0.717) is 18.8 Å². The maximum absolute atomic E-state index is 12.2. The first kappa shape index (κ1) is 12.9. The number of nitrogen functional groups attached to an aromatic ring is 1. The molecule has 0 aliphatic rings. The third-order valence-electron chi connectivity index (χ3n) is 2.11. The number of rotatable bonds is 7. The second-order valence-corrected chi connectivity index (χ2v) is 3.45. The Morgan fingerprint density at radius 1 is 1.50 bits per heavy atom. The predicted octanol–water partition coefficient (Wildman–Crippen LogP) is 0.0247. The van der Waals surface area contributed by atoms with E-state index in [0.717, 1.165) is 0 Å². The van der Waals surface area contributed by atoms with Gasteiger partial charge in [0.25, 0.3) is 6.43 Å². The zero-order valence-electron chi connectivity index (χ0n) is 8.89. The van der Waals surface area contributed by atoms with Gasteiger partial charge in [0.2, 0.25) is 0 Å². The summed E-state index contributed by atoms with van der Waals surface area (Å²) in [6.07, 6.45) is 0.748. The number of aliphatic hydroxyl groups excluding tert-OH is 1. The number of hydrogen-bond donors (Lipinski definition) is 2. The number of hydrogen-bond acceptors (Lipinski definition) is 4. The van der Waals surface area contributed by atoms with Gasteiger partial charge < -0.3 is 10.8 Å². The van der Waals surface area contributed by atoms with Crippen molar-refractivity contribution in [3.63, 3.8) is 0 Å². The van der Waals surface area contributed by atoms with Crippen molar-refractivity contribution in [1.82, 2.24) is 14.7 Å². The number of alkyl halides is 2. The van der Waals surface area contributed by atoms with Crippen molar-refractivity contribution in [2.45, 2.75) is 13.0 Å². The molecule has 1 rings (SSSR count). The Bertz CT molecular complexity index is 305. The quantitative estimate of drug-likeness (QED) is 0.698. The summed E-state index contributed by atoms with van der Waals surface area (Å²) in [6, 6.07) is 0. The van der Waals surface area contributed by atoms with Gasteiger partial charge in [0.15, 0.2) is 0 Å². The molecule has 5 nitrogen and oxygen atoms in total. The lowest BCUT2D eigenvalue weighted by Crippen LogP contribution is -2.34. The van der Waals surface area contributed by atoms with Gasteiger partial charge in [-0.1, -0.05) is 0 Å². The number of anilines is 1. The average molecular weight is 234 g/mol. The van der Waals surface area contributed by atoms with Crippen LogP contribution >= 0.6 is 0 Å². The van der Waals surface area contributed by atoms with E-state index in [1.165, 1.54) is 11.1 Å². The molecule has 0 aliphatic carbocycles. The molecular formula is C9H16F2N4O. The number of aromatic nitrogens is 2. The highest BCUT2D eigenvalue weighted by Crippen LogP contribution is 2.01. The van der Waals surface area contributed by atoms with Gasteiger partial charge in [-0.25, -0.2) is 8.78 Å². The summed E-state index contributed by atoms with van der Waals surface area (Å²) < 4.78 is 25.9. The van der Waals surface area contributed by atoms with Gasteiger partial charge in [-0.15, -0.1) is 0 Å². The van der Waals surface area contributed by atoms with Crippen LogP contribution in [0.5, 0.6) is 0 Å². The van der Waals surface area contributed by atoms with Gasteiger partial charge in [-0.2, -0.15) is 5.10 Å². The summed E-state index contributed by atoms with van der Waals surface area (Å²) in [7, 11) is 0. The third kappa shape index (κ3) is 4.54. The number of nitrogens with zero attached hydrogens (tertiary/aromatic N) is 3. The second kappa shape index (κ2) is 6.39. The van der Waals surface area contributed by atoms with E-state index < -0.39 is 6.43 Å². The molecule has 0 aromatic carbocycles. The van der Waals surface area contributed by atoms with Crippen LogP contribution in [0.2, 0.25) is 0 Å². The van der Waals surface area contributed by atoms with Crippen LogP contribution in [0.15, 0.2) is 12.4 Å². The summed E-state index contributed by atoms with van der Waals surface area (Å²) in [5.41, 5.74) is 6.01. The van der Waals surface area contributed by atoms with Crippen molar-refractivity contribution >= 4 is 5.69 Å². The molecule has 0 spiro atoms. The van der Waals surface area contributed by atoms with Crippen LogP contribution in [0.4, 0.5) is 14.5 Å². The fourth-order valence-electron chi connectivity index (χ4n) is 1.38. The average Bonchev–Trinajstić information content (AvgIpc) is 2.60. The highest BCUT2D eigenvalue weighted by atomic mass is 19.3. The Morgan fingerprint density at radius 2 is 2.25 bits per heavy atom. The van der Waals surface area contributed by atoms with Crippen LogP contribution in [0, 0.1) is 0 Å². The molecule has 0 unspecified atom stereocenters. The summed E-state index contributed by atoms with van der Waals surface area (Å²) in [5, 5.41) is 12.7. The van der Waals surface area contributed by atoms with E-state index in [-0.39, 0.29) is 19.7 Å². The van der Waals surface area contributed by atoms with Crippen molar-refractivity contribution in [3.05, 3.63) is 12.4 Å². The second-order valence-electron chi connectivity index (χ2n) is 3.45. The van der Waals surface area contributed by atoms with E-state index in [2.05, 4.69) is 5.10 Å². The van der Waals surface area contributed by atoms with E-state index in [1.807, 2.05) is 0 Å². The minimum absolute atomic E-state index is 0.131. The lowest BCUT2D eigenvalue weighted by atomic mass is 10.4. The van der Waals surface area contributed by atoms with Crippen molar-refractivity contribution in [2.75, 3.05) is 32.0 Å². The molecule has 1 aromatic heterocycles. The van der Waals surface area contributed by atoms with Gasteiger partial charge in [-0.3, -0.25) is 9.58 Å². The predicted molar refractivity (Wildman–Crippen MR) is 56.2 cm³/mol. The summed E-state index contributed by atoms with van der Waals surface area (Å²) in [6.45, 7) is 0.655. The van der Waals surface area contributed by atoms with Gasteiger partial charge in [-0.05, 0) is 0 Å². The van der Waals surface area contributed by atoms with E-state index in [4.69, 9.17) is 10.8 Å². The van der Waals surface area contributed by atoms with Crippen LogP contribution in [-0.4, -0.2) is 52.5 Å². The van der Waals surface area contributed by atoms with Crippen molar-refractivity contribution in [1.29, 1.82) is 0 Å². The highest BCUT2D eigenvalue weighted by Gasteiger charge is 2.11. The molecule has 16 heavy (non-hydrogen) atoms. The first-order valence-electron chi connectivity index (χ1n) is 5.01. The van der Waals surface area contributed by atoms with Crippen LogP contribution in [0.3, 0.4) is 0 Å².